The summed E-state index contributed by atoms with van der Waals surface area (Å²) in [7, 11) is 0. The molecule has 0 aliphatic carbocycles. The van der Waals surface area contributed by atoms with E-state index in [9.17, 15) is 14.3 Å². The summed E-state index contributed by atoms with van der Waals surface area (Å²) in [6.07, 6.45) is 2.39. The highest BCUT2D eigenvalue weighted by Gasteiger charge is 2.21. The quantitative estimate of drug-likeness (QED) is 0.711. The van der Waals surface area contributed by atoms with Crippen LogP contribution in [0, 0.1) is 5.82 Å². The SMILES string of the molecule is CC(CC(O)c1ccco1)NC(=O)c1occc1-c1ccc(F)cc1. The molecule has 2 atom stereocenters. The van der Waals surface area contributed by atoms with Gasteiger partial charge in [0, 0.05) is 18.0 Å². The number of hydrogen-bond acceptors (Lipinski definition) is 4. The van der Waals surface area contributed by atoms with E-state index in [1.807, 2.05) is 0 Å². The Morgan fingerprint density at radius 2 is 1.92 bits per heavy atom. The lowest BCUT2D eigenvalue weighted by Crippen LogP contribution is -2.33. The molecule has 25 heavy (non-hydrogen) atoms. The lowest BCUT2D eigenvalue weighted by molar-refractivity contribution is 0.0877. The Morgan fingerprint density at radius 1 is 1.16 bits per heavy atom. The minimum Gasteiger partial charge on any atom is -0.467 e. The van der Waals surface area contributed by atoms with Crippen molar-refractivity contribution >= 4 is 5.91 Å². The Bertz CT molecular complexity index is 823. The van der Waals surface area contributed by atoms with E-state index >= 15 is 0 Å². The van der Waals surface area contributed by atoms with Gasteiger partial charge < -0.3 is 19.3 Å². The molecule has 1 aromatic carbocycles. The van der Waals surface area contributed by atoms with Gasteiger partial charge in [0.15, 0.2) is 5.76 Å². The number of hydrogen-bond donors (Lipinski definition) is 2. The van der Waals surface area contributed by atoms with Crippen LogP contribution in [-0.2, 0) is 0 Å². The molecule has 5 nitrogen and oxygen atoms in total. The molecular weight excluding hydrogens is 325 g/mol. The molecule has 0 saturated carbocycles. The lowest BCUT2D eigenvalue weighted by atomic mass is 10.1. The average molecular weight is 343 g/mol. The Labute approximate surface area is 144 Å². The highest BCUT2D eigenvalue weighted by molar-refractivity contribution is 5.98. The van der Waals surface area contributed by atoms with Crippen LogP contribution >= 0.6 is 0 Å². The summed E-state index contributed by atoms with van der Waals surface area (Å²) in [6, 6.07) is 10.5. The van der Waals surface area contributed by atoms with Crippen LogP contribution in [0.1, 0.15) is 35.8 Å². The van der Waals surface area contributed by atoms with Gasteiger partial charge in [-0.15, -0.1) is 0 Å². The first-order chi connectivity index (χ1) is 12.0. The summed E-state index contributed by atoms with van der Waals surface area (Å²) >= 11 is 0. The number of furan rings is 2. The molecule has 0 fully saturated rings. The highest BCUT2D eigenvalue weighted by Crippen LogP contribution is 2.25. The van der Waals surface area contributed by atoms with Gasteiger partial charge in [0.2, 0.25) is 0 Å². The van der Waals surface area contributed by atoms with E-state index in [0.29, 0.717) is 23.3 Å². The van der Waals surface area contributed by atoms with Crippen molar-refractivity contribution in [3.05, 3.63) is 72.3 Å². The van der Waals surface area contributed by atoms with Crippen LogP contribution in [0.25, 0.3) is 11.1 Å². The van der Waals surface area contributed by atoms with Gasteiger partial charge in [-0.2, -0.15) is 0 Å². The van der Waals surface area contributed by atoms with Crippen LogP contribution in [0.3, 0.4) is 0 Å². The fourth-order valence-corrected chi connectivity index (χ4v) is 2.62. The summed E-state index contributed by atoms with van der Waals surface area (Å²) < 4.78 is 23.5. The predicted octanol–water partition coefficient (Wildman–Crippen LogP) is 3.92. The van der Waals surface area contributed by atoms with Gasteiger partial charge >= 0.3 is 0 Å². The first-order valence-corrected chi connectivity index (χ1v) is 7.90. The smallest absolute Gasteiger partial charge is 0.287 e. The molecule has 3 rings (SSSR count). The van der Waals surface area contributed by atoms with E-state index in [4.69, 9.17) is 8.83 Å². The van der Waals surface area contributed by atoms with E-state index in [2.05, 4.69) is 5.32 Å². The highest BCUT2D eigenvalue weighted by atomic mass is 19.1. The summed E-state index contributed by atoms with van der Waals surface area (Å²) in [5.74, 6) is -0.153. The van der Waals surface area contributed by atoms with Crippen LogP contribution in [0.15, 0.2) is 63.8 Å². The molecule has 2 unspecified atom stereocenters. The third-order valence-electron chi connectivity index (χ3n) is 3.85. The molecule has 0 aliphatic rings. The molecule has 0 spiro atoms. The molecule has 2 aromatic heterocycles. The second-order valence-corrected chi connectivity index (χ2v) is 5.81. The van der Waals surface area contributed by atoms with Crippen molar-refractivity contribution < 1.29 is 23.1 Å². The van der Waals surface area contributed by atoms with Gasteiger partial charge in [-0.1, -0.05) is 12.1 Å². The summed E-state index contributed by atoms with van der Waals surface area (Å²) in [6.45, 7) is 1.78. The zero-order valence-corrected chi connectivity index (χ0v) is 13.6. The summed E-state index contributed by atoms with van der Waals surface area (Å²) in [5.41, 5.74) is 1.26. The second-order valence-electron chi connectivity index (χ2n) is 5.81. The molecule has 0 saturated heterocycles. The van der Waals surface area contributed by atoms with Crippen molar-refractivity contribution in [3.63, 3.8) is 0 Å². The zero-order chi connectivity index (χ0) is 17.8. The van der Waals surface area contributed by atoms with Gasteiger partial charge in [0.05, 0.1) is 12.5 Å². The number of carbonyl (C=O) groups excluding carboxylic acids is 1. The Kier molecular flexibility index (Phi) is 5.00. The van der Waals surface area contributed by atoms with Gasteiger partial charge in [-0.3, -0.25) is 4.79 Å². The third-order valence-corrected chi connectivity index (χ3v) is 3.85. The van der Waals surface area contributed by atoms with E-state index in [1.165, 1.54) is 24.7 Å². The molecule has 2 N–H and O–H groups in total. The monoisotopic (exact) mass is 343 g/mol. The number of aliphatic hydroxyl groups is 1. The van der Waals surface area contributed by atoms with Crippen LogP contribution < -0.4 is 5.32 Å². The molecule has 0 bridgehead atoms. The van der Waals surface area contributed by atoms with E-state index in [-0.39, 0.29) is 17.6 Å². The van der Waals surface area contributed by atoms with E-state index < -0.39 is 12.0 Å². The van der Waals surface area contributed by atoms with Crippen molar-refractivity contribution in [1.29, 1.82) is 0 Å². The van der Waals surface area contributed by atoms with Crippen molar-refractivity contribution in [3.8, 4) is 11.1 Å². The zero-order valence-electron chi connectivity index (χ0n) is 13.6. The normalized spacial score (nSPS) is 13.4. The maximum atomic E-state index is 13.1. The molecule has 0 radical (unpaired) electrons. The predicted molar refractivity (Wildman–Crippen MR) is 89.3 cm³/mol. The number of nitrogens with one attached hydrogen (secondary N) is 1. The lowest BCUT2D eigenvalue weighted by Gasteiger charge is -2.16. The molecule has 0 aliphatic heterocycles. The topological polar surface area (TPSA) is 75.6 Å². The van der Waals surface area contributed by atoms with Crippen molar-refractivity contribution in [1.82, 2.24) is 5.32 Å². The van der Waals surface area contributed by atoms with Crippen LogP contribution in [0.4, 0.5) is 4.39 Å². The number of rotatable bonds is 6. The van der Waals surface area contributed by atoms with Crippen molar-refractivity contribution in [2.24, 2.45) is 0 Å². The average Bonchev–Trinajstić information content (AvgIpc) is 3.27. The molecule has 130 valence electrons. The molecule has 6 heteroatoms. The molecule has 2 heterocycles. The number of benzene rings is 1. The maximum absolute atomic E-state index is 13.1. The Morgan fingerprint density at radius 3 is 2.60 bits per heavy atom. The van der Waals surface area contributed by atoms with Gasteiger partial charge in [-0.25, -0.2) is 4.39 Å². The molecule has 3 aromatic rings. The molecule has 1 amide bonds. The largest absolute Gasteiger partial charge is 0.467 e. The molecular formula is C19H18FNO4. The number of halogens is 1. The minimum atomic E-state index is -0.807. The fourth-order valence-electron chi connectivity index (χ4n) is 2.62. The van der Waals surface area contributed by atoms with Crippen molar-refractivity contribution in [2.75, 3.05) is 0 Å². The standard InChI is InChI=1S/C19H18FNO4/c1-12(11-16(22)17-3-2-9-24-17)21-19(23)18-15(8-10-25-18)13-4-6-14(20)7-5-13/h2-10,12,16,22H,11H2,1H3,(H,21,23). The van der Waals surface area contributed by atoms with Crippen LogP contribution in [0.5, 0.6) is 0 Å². The number of aliphatic hydroxyl groups excluding tert-OH is 1. The van der Waals surface area contributed by atoms with Gasteiger partial charge in [0.1, 0.15) is 17.7 Å². The number of amides is 1. The van der Waals surface area contributed by atoms with Crippen LogP contribution in [-0.4, -0.2) is 17.1 Å². The summed E-state index contributed by atoms with van der Waals surface area (Å²) in [4.78, 5) is 12.5. The van der Waals surface area contributed by atoms with Gasteiger partial charge in [-0.05, 0) is 42.8 Å². The number of carbonyl (C=O) groups is 1. The van der Waals surface area contributed by atoms with Crippen LogP contribution in [0.2, 0.25) is 0 Å². The first kappa shape index (κ1) is 17.0. The fraction of sp³-hybridized carbons (Fsp3) is 0.211. The summed E-state index contributed by atoms with van der Waals surface area (Å²) in [5, 5.41) is 12.9. The maximum Gasteiger partial charge on any atom is 0.287 e. The van der Waals surface area contributed by atoms with Crippen molar-refractivity contribution in [2.45, 2.75) is 25.5 Å². The van der Waals surface area contributed by atoms with Gasteiger partial charge in [0.25, 0.3) is 5.91 Å². The van der Waals surface area contributed by atoms with E-state index in [1.54, 1.807) is 37.3 Å². The third kappa shape index (κ3) is 3.97. The second kappa shape index (κ2) is 7.36. The van der Waals surface area contributed by atoms with E-state index in [0.717, 1.165) is 0 Å². The minimum absolute atomic E-state index is 0.144. The Balaban J connectivity index is 1.67. The first-order valence-electron chi connectivity index (χ1n) is 7.90. The Hall–Kier alpha value is -2.86.